The number of Topliss-reactive ketones (excluding diaryl/α,β-unsaturated/α-hetero) is 1. The molecule has 2 fully saturated rings. The third kappa shape index (κ3) is 14.3. The van der Waals surface area contributed by atoms with Crippen LogP contribution in [0.5, 0.6) is 0 Å². The molecule has 0 spiro atoms. The van der Waals surface area contributed by atoms with Crippen molar-refractivity contribution < 1.29 is 92.9 Å². The Morgan fingerprint density at radius 3 is 1.97 bits per heavy atom. The average Bonchev–Trinajstić information content (AvgIpc) is 1.53. The standard InChI is InChI=1S/C63H89N12O14P.CH3.Co/c1-31-21-42-43(22-32(31)2)75(30-74(42)12)58-54(84)55(44(29-76)87-58)89-90(85,86)88-34(4)28-69-52(83)19-20-60(8)39(23-49(66)80)57-63(11)62(10,27-51(68)82)38(16-18-48(65)79)53(73-63)35(5)56-61(9,26-50(67)81)37(14-13-33(3)77)41(71-56)24-45-59(6,7)36(15-17-47(64)78)40(70-45)25-46(60)72-57;;/h21-22,24-25,30,34,36-39,44,54-55,57-58,76,84H,12-20,23,26-29H2,1-11H3,(H11-2,64,65,66,67,68,69,70,71,72,73,78,79,80,81,82,83,85,86);1H3;/q;-1;+2/t34?,36-,37-,38-,39+,44-,54-,55-,57-,58+,60-,61+,62+,63+;;/m1../s1. The quantitative estimate of drug-likeness (QED) is 0.0370. The van der Waals surface area contributed by atoms with E-state index in [1.165, 1.54) is 13.8 Å². The SMILES string of the molecule is C=[N+]1C=[N+]([C@H]2O[C@H](CO)[C@@H](OP(=O)([O-])OC(C)CNC(=O)CC[C@@]3(C)C4=N[C@H]([C@@H]3CC(N)=O)[C@]3(C)[N-]C(=C(C)C5=NC(=CC6=NC(=C4)[C@@H](CCC(N)=O)C6(C)C)[C@@H](CCC(C)=O)[C@]5(C)CC(N)=O)[C@@H](CCC(N)=O)[C@]3(C)CC(N)=O)[C@H]2O)c2cc(C)c(C)cc21.[CH3-].[Co+2]. The molecule has 8 bridgehead atoms. The summed E-state index contributed by atoms with van der Waals surface area (Å²) in [5.74, 6) is -6.69. The molecule has 2 saturated heterocycles. The van der Waals surface area contributed by atoms with E-state index in [-0.39, 0.29) is 107 Å². The number of ether oxygens (including phenoxy) is 1. The number of ketones is 1. The predicted molar refractivity (Wildman–Crippen MR) is 339 cm³/mol. The van der Waals surface area contributed by atoms with Crippen molar-refractivity contribution in [1.29, 1.82) is 0 Å². The van der Waals surface area contributed by atoms with Crippen LogP contribution in [0.2, 0.25) is 0 Å². The van der Waals surface area contributed by atoms with Gasteiger partial charge in [0.1, 0.15) is 24.7 Å². The largest absolute Gasteiger partial charge is 2.00 e. The van der Waals surface area contributed by atoms with Crippen molar-refractivity contribution in [3.63, 3.8) is 0 Å². The van der Waals surface area contributed by atoms with E-state index in [0.29, 0.717) is 51.2 Å². The molecule has 7 heterocycles. The second-order valence-electron chi connectivity index (χ2n) is 27.2. The molecule has 1 radical (unpaired) electrons. The van der Waals surface area contributed by atoms with Crippen molar-refractivity contribution in [2.24, 2.45) is 89.0 Å². The van der Waals surface area contributed by atoms with E-state index in [0.717, 1.165) is 11.1 Å². The summed E-state index contributed by atoms with van der Waals surface area (Å²) in [4.78, 5) is 123. The van der Waals surface area contributed by atoms with Gasteiger partial charge in [-0.25, -0.2) is 0 Å². The second kappa shape index (κ2) is 27.9. The molecule has 28 heteroatoms. The second-order valence-corrected chi connectivity index (χ2v) is 28.5. The van der Waals surface area contributed by atoms with E-state index >= 15 is 0 Å². The maximum atomic E-state index is 14.3. The average molecular weight is 1340 g/mol. The van der Waals surface area contributed by atoms with Crippen LogP contribution in [0.15, 0.2) is 61.9 Å². The molecular weight excluding hydrogens is 1250 g/mol. The number of aliphatic hydroxyl groups excluding tert-OH is 2. The summed E-state index contributed by atoms with van der Waals surface area (Å²) < 4.78 is 33.6. The maximum absolute atomic E-state index is 14.3. The summed E-state index contributed by atoms with van der Waals surface area (Å²) in [5.41, 5.74) is 30.7. The van der Waals surface area contributed by atoms with Gasteiger partial charge in [0.05, 0.1) is 12.7 Å². The van der Waals surface area contributed by atoms with Gasteiger partial charge in [0.15, 0.2) is 6.10 Å². The summed E-state index contributed by atoms with van der Waals surface area (Å²) in [5, 5.41) is 30.2. The Labute approximate surface area is 548 Å². The first-order valence-electron chi connectivity index (χ1n) is 30.6. The number of carbonyl (C=O) groups excluding carboxylic acids is 7. The fourth-order valence-corrected chi connectivity index (χ4v) is 16.3. The van der Waals surface area contributed by atoms with Crippen molar-refractivity contribution in [2.75, 3.05) is 13.2 Å². The minimum absolute atomic E-state index is 0. The van der Waals surface area contributed by atoms with Crippen LogP contribution in [0.3, 0.4) is 0 Å². The Morgan fingerprint density at radius 2 is 1.39 bits per heavy atom. The number of nitrogens with two attached hydrogens (primary N) is 5. The molecular formula is C64H92CoN12O14P+. The number of hydrogen-bond donors (Lipinski definition) is 8. The first kappa shape index (κ1) is 74.6. The molecule has 2 unspecified atom stereocenters. The van der Waals surface area contributed by atoms with Gasteiger partial charge in [0.25, 0.3) is 25.4 Å². The maximum Gasteiger partial charge on any atom is 2.00 e. The molecule has 1 aromatic rings. The van der Waals surface area contributed by atoms with Crippen molar-refractivity contribution in [1.82, 2.24) is 5.32 Å². The molecule has 7 aliphatic heterocycles. The number of rotatable bonds is 26. The molecule has 0 aromatic heterocycles. The third-order valence-corrected chi connectivity index (χ3v) is 21.6. The number of aryl methyl sites for hydroxylation is 2. The van der Waals surface area contributed by atoms with Crippen molar-refractivity contribution in [2.45, 2.75) is 189 Å². The van der Waals surface area contributed by atoms with Crippen LogP contribution in [-0.4, -0.2) is 146 Å². The van der Waals surface area contributed by atoms with Crippen LogP contribution in [0.4, 0.5) is 11.4 Å². The summed E-state index contributed by atoms with van der Waals surface area (Å²) >= 11 is 0. The Hall–Kier alpha value is -6.42. The van der Waals surface area contributed by atoms with Gasteiger partial charge >= 0.3 is 23.1 Å². The molecule has 7 aliphatic rings. The van der Waals surface area contributed by atoms with Crippen molar-refractivity contribution in [3.05, 3.63) is 70.8 Å². The summed E-state index contributed by atoms with van der Waals surface area (Å²) in [7, 11) is -5.32. The Morgan fingerprint density at radius 1 is 0.815 bits per heavy atom. The zero-order chi connectivity index (χ0) is 66.7. The topological polar surface area (TPSA) is 427 Å². The van der Waals surface area contributed by atoms with Gasteiger partial charge in [-0.15, -0.1) is 9.15 Å². The number of nitrogens with zero attached hydrogens (tertiary/aromatic N) is 6. The number of primary amides is 5. The number of aliphatic imine (C=N–C) groups is 3. The molecule has 13 N–H and O–H groups in total. The van der Waals surface area contributed by atoms with Crippen LogP contribution in [0.1, 0.15) is 144 Å². The number of phosphoric acid groups is 1. The fourth-order valence-electron chi connectivity index (χ4n) is 15.2. The zero-order valence-electron chi connectivity index (χ0n) is 54.7. The summed E-state index contributed by atoms with van der Waals surface area (Å²) in [6.07, 6.45) is -2.33. The Bertz CT molecular complexity index is 3490. The first-order chi connectivity index (χ1) is 41.8. The number of amides is 6. The third-order valence-electron chi connectivity index (χ3n) is 20.5. The number of benzene rings is 1. The van der Waals surface area contributed by atoms with Crippen molar-refractivity contribution in [3.8, 4) is 0 Å². The summed E-state index contributed by atoms with van der Waals surface area (Å²) in [6, 6.07) is 2.75. The number of allylic oxidation sites excluding steroid dienone is 6. The van der Waals surface area contributed by atoms with Crippen LogP contribution < -0.4 is 38.9 Å². The predicted octanol–water partition coefficient (Wildman–Crippen LogP) is 3.99. The molecule has 26 nitrogen and oxygen atoms in total. The van der Waals surface area contributed by atoms with Gasteiger partial charge < -0.3 is 80.4 Å². The van der Waals surface area contributed by atoms with E-state index in [1.807, 2.05) is 73.6 Å². The van der Waals surface area contributed by atoms with E-state index in [2.05, 4.69) is 12.0 Å². The normalized spacial score (nSPS) is 31.7. The van der Waals surface area contributed by atoms with Crippen LogP contribution >= 0.6 is 7.82 Å². The van der Waals surface area contributed by atoms with Gasteiger partial charge in [-0.3, -0.25) is 48.3 Å². The van der Waals surface area contributed by atoms with Crippen LogP contribution in [-0.2, 0) is 68.7 Å². The number of fused-ring (bicyclic) bond motifs is 7. The van der Waals surface area contributed by atoms with E-state index in [1.54, 1.807) is 28.5 Å². The first-order valence-corrected chi connectivity index (χ1v) is 32.1. The minimum Gasteiger partial charge on any atom is -0.756 e. The van der Waals surface area contributed by atoms with Gasteiger partial charge in [-0.1, -0.05) is 47.1 Å². The fraction of sp³-hybridized carbons (Fsp3) is 0.609. The number of hydrogen-bond acceptors (Lipinski definition) is 17. The molecule has 1 aromatic carbocycles. The molecule has 8 rings (SSSR count). The van der Waals surface area contributed by atoms with Crippen molar-refractivity contribution >= 4 is 90.6 Å². The van der Waals surface area contributed by atoms with Gasteiger partial charge in [-0.2, -0.15) is 5.70 Å². The summed E-state index contributed by atoms with van der Waals surface area (Å²) in [6.45, 7) is 22.8. The molecule has 0 saturated carbocycles. The smallest absolute Gasteiger partial charge is 0.756 e. The Kier molecular flexibility index (Phi) is 22.6. The number of nitrogens with one attached hydrogen (secondary N) is 1. The molecule has 6 amide bonds. The zero-order valence-corrected chi connectivity index (χ0v) is 56.6. The van der Waals surface area contributed by atoms with Gasteiger partial charge in [-0.05, 0) is 106 Å². The molecule has 505 valence electrons. The number of phosphoric ester groups is 1. The van der Waals surface area contributed by atoms with Gasteiger partial charge in [0, 0.05) is 126 Å². The number of aliphatic hydroxyl groups is 2. The minimum atomic E-state index is -5.32. The van der Waals surface area contributed by atoms with E-state index < -0.39 is 137 Å². The van der Waals surface area contributed by atoms with E-state index in [4.69, 9.17) is 62.7 Å². The van der Waals surface area contributed by atoms with Gasteiger partial charge in [0.2, 0.25) is 35.4 Å². The van der Waals surface area contributed by atoms with E-state index in [9.17, 15) is 53.2 Å². The molecule has 15 atom stereocenters. The number of carbonyl (C=O) groups is 7. The molecule has 92 heavy (non-hydrogen) atoms. The van der Waals surface area contributed by atoms with Crippen LogP contribution in [0, 0.1) is 66.6 Å². The Balaban J connectivity index is 0.00000672. The monoisotopic (exact) mass is 1340 g/mol. The van der Waals surface area contributed by atoms with Crippen LogP contribution in [0.25, 0.3) is 5.32 Å². The molecule has 0 aliphatic carbocycles.